The van der Waals surface area contributed by atoms with Crippen LogP contribution in [0, 0.1) is 17.2 Å². The van der Waals surface area contributed by atoms with Crippen LogP contribution in [-0.2, 0) is 0 Å². The van der Waals surface area contributed by atoms with Crippen LogP contribution in [0.5, 0.6) is 0 Å². The first-order chi connectivity index (χ1) is 6.41. The molecule has 0 aromatic heterocycles. The van der Waals surface area contributed by atoms with E-state index in [0.29, 0.717) is 19.5 Å². The predicted molar refractivity (Wildman–Crippen MR) is 46.3 cm³/mol. The molecular formula is C8H14F3N3. The normalized spacial score (nSPS) is 14.1. The second-order valence-electron chi connectivity index (χ2n) is 3.13. The Kier molecular flexibility index (Phi) is 5.50. The highest BCUT2D eigenvalue weighted by Crippen LogP contribution is 2.25. The van der Waals surface area contributed by atoms with Gasteiger partial charge in [-0.2, -0.15) is 18.4 Å². The minimum atomic E-state index is -4.44. The average molecular weight is 209 g/mol. The van der Waals surface area contributed by atoms with Crippen molar-refractivity contribution in [1.29, 1.82) is 5.26 Å². The molecule has 0 spiro atoms. The Morgan fingerprint density at radius 2 is 2.07 bits per heavy atom. The first-order valence-electron chi connectivity index (χ1n) is 4.26. The molecule has 2 N–H and O–H groups in total. The monoisotopic (exact) mass is 209 g/mol. The summed E-state index contributed by atoms with van der Waals surface area (Å²) in [5.41, 5.74) is 5.21. The van der Waals surface area contributed by atoms with Gasteiger partial charge in [0.2, 0.25) is 0 Å². The van der Waals surface area contributed by atoms with Crippen molar-refractivity contribution in [2.24, 2.45) is 11.7 Å². The van der Waals surface area contributed by atoms with Crippen LogP contribution in [-0.4, -0.2) is 37.8 Å². The second-order valence-corrected chi connectivity index (χ2v) is 3.13. The smallest absolute Gasteiger partial charge is 0.330 e. The SMILES string of the molecule is CN(CCCN)CC(C#N)C(F)(F)F. The van der Waals surface area contributed by atoms with E-state index in [4.69, 9.17) is 11.0 Å². The van der Waals surface area contributed by atoms with Crippen molar-refractivity contribution >= 4 is 0 Å². The van der Waals surface area contributed by atoms with Gasteiger partial charge in [-0.25, -0.2) is 0 Å². The van der Waals surface area contributed by atoms with Crippen molar-refractivity contribution < 1.29 is 13.2 Å². The van der Waals surface area contributed by atoms with Crippen molar-refractivity contribution in [2.75, 3.05) is 26.7 Å². The summed E-state index contributed by atoms with van der Waals surface area (Å²) in [5.74, 6) is -1.91. The first kappa shape index (κ1) is 13.2. The van der Waals surface area contributed by atoms with Gasteiger partial charge in [0.05, 0.1) is 6.07 Å². The number of halogens is 3. The standard InChI is InChI=1S/C8H14F3N3/c1-14(4-2-3-12)6-7(5-13)8(9,10)11/h7H,2-4,6,12H2,1H3. The van der Waals surface area contributed by atoms with Gasteiger partial charge in [-0.3, -0.25) is 0 Å². The lowest BCUT2D eigenvalue weighted by atomic mass is 10.1. The van der Waals surface area contributed by atoms with Gasteiger partial charge in [-0.15, -0.1) is 0 Å². The minimum Gasteiger partial charge on any atom is -0.330 e. The fraction of sp³-hybridized carbons (Fsp3) is 0.875. The molecular weight excluding hydrogens is 195 g/mol. The molecule has 1 atom stereocenters. The quantitative estimate of drug-likeness (QED) is 0.734. The van der Waals surface area contributed by atoms with Gasteiger partial charge in [-0.05, 0) is 26.6 Å². The molecule has 6 heteroatoms. The second kappa shape index (κ2) is 5.83. The van der Waals surface area contributed by atoms with Crippen molar-refractivity contribution in [3.05, 3.63) is 0 Å². The molecule has 82 valence electrons. The largest absolute Gasteiger partial charge is 0.405 e. The lowest BCUT2D eigenvalue weighted by Gasteiger charge is -2.20. The van der Waals surface area contributed by atoms with Gasteiger partial charge in [0.25, 0.3) is 0 Å². The summed E-state index contributed by atoms with van der Waals surface area (Å²) in [6.07, 6.45) is -3.81. The molecule has 3 nitrogen and oxygen atoms in total. The van der Waals surface area contributed by atoms with Gasteiger partial charge in [0.1, 0.15) is 0 Å². The van der Waals surface area contributed by atoms with Crippen LogP contribution in [0.4, 0.5) is 13.2 Å². The molecule has 0 bridgehead atoms. The molecule has 1 unspecified atom stereocenters. The highest BCUT2D eigenvalue weighted by Gasteiger charge is 2.40. The maximum atomic E-state index is 12.1. The molecule has 0 aliphatic rings. The van der Waals surface area contributed by atoms with E-state index in [1.807, 2.05) is 0 Å². The summed E-state index contributed by atoms with van der Waals surface area (Å²) < 4.78 is 36.4. The van der Waals surface area contributed by atoms with E-state index in [1.165, 1.54) is 11.0 Å². The summed E-state index contributed by atoms with van der Waals surface area (Å²) >= 11 is 0. The molecule has 0 aliphatic carbocycles. The number of nitrogens with zero attached hydrogens (tertiary/aromatic N) is 2. The number of nitriles is 1. The van der Waals surface area contributed by atoms with Crippen LogP contribution in [0.2, 0.25) is 0 Å². The third-order valence-corrected chi connectivity index (χ3v) is 1.79. The third kappa shape index (κ3) is 5.04. The summed E-state index contributed by atoms with van der Waals surface area (Å²) in [6.45, 7) is 0.623. The number of hydrogen-bond acceptors (Lipinski definition) is 3. The van der Waals surface area contributed by atoms with Crippen LogP contribution in [0.1, 0.15) is 6.42 Å². The zero-order valence-corrected chi connectivity index (χ0v) is 8.01. The van der Waals surface area contributed by atoms with Crippen LogP contribution in [0.25, 0.3) is 0 Å². The number of rotatable bonds is 5. The summed E-state index contributed by atoms with van der Waals surface area (Å²) in [4.78, 5) is 1.47. The molecule has 0 heterocycles. The van der Waals surface area contributed by atoms with E-state index >= 15 is 0 Å². The molecule has 0 saturated carbocycles. The lowest BCUT2D eigenvalue weighted by molar-refractivity contribution is -0.162. The Morgan fingerprint density at radius 3 is 2.43 bits per heavy atom. The molecule has 0 rings (SSSR count). The van der Waals surface area contributed by atoms with E-state index in [2.05, 4.69) is 0 Å². The van der Waals surface area contributed by atoms with Gasteiger partial charge >= 0.3 is 6.18 Å². The Morgan fingerprint density at radius 1 is 1.50 bits per heavy atom. The molecule has 14 heavy (non-hydrogen) atoms. The van der Waals surface area contributed by atoms with E-state index in [1.54, 1.807) is 7.05 Å². The van der Waals surface area contributed by atoms with Crippen molar-refractivity contribution in [3.63, 3.8) is 0 Å². The van der Waals surface area contributed by atoms with Crippen molar-refractivity contribution in [1.82, 2.24) is 4.90 Å². The molecule has 0 aromatic carbocycles. The van der Waals surface area contributed by atoms with E-state index < -0.39 is 12.1 Å². The van der Waals surface area contributed by atoms with Crippen molar-refractivity contribution in [3.8, 4) is 6.07 Å². The van der Waals surface area contributed by atoms with Gasteiger partial charge in [-0.1, -0.05) is 0 Å². The number of nitrogens with two attached hydrogens (primary N) is 1. The number of hydrogen-bond donors (Lipinski definition) is 1. The van der Waals surface area contributed by atoms with E-state index in [9.17, 15) is 13.2 Å². The Labute approximate surface area is 81.3 Å². The third-order valence-electron chi connectivity index (χ3n) is 1.79. The zero-order chi connectivity index (χ0) is 11.2. The topological polar surface area (TPSA) is 53.0 Å². The van der Waals surface area contributed by atoms with E-state index in [0.717, 1.165) is 0 Å². The predicted octanol–water partition coefficient (Wildman–Crippen LogP) is 0.969. The molecule has 0 aliphatic heterocycles. The molecule has 0 aromatic rings. The Balaban J connectivity index is 4.01. The van der Waals surface area contributed by atoms with E-state index in [-0.39, 0.29) is 6.54 Å². The first-order valence-corrected chi connectivity index (χ1v) is 4.26. The van der Waals surface area contributed by atoms with Crippen molar-refractivity contribution in [2.45, 2.75) is 12.6 Å². The summed E-state index contributed by atoms with van der Waals surface area (Å²) in [5, 5.41) is 8.31. The molecule has 0 amide bonds. The molecule has 0 saturated heterocycles. The van der Waals surface area contributed by atoms with Gasteiger partial charge in [0.15, 0.2) is 5.92 Å². The lowest BCUT2D eigenvalue weighted by Crippen LogP contribution is -2.34. The Bertz CT molecular complexity index is 197. The highest BCUT2D eigenvalue weighted by atomic mass is 19.4. The fourth-order valence-electron chi connectivity index (χ4n) is 0.982. The highest BCUT2D eigenvalue weighted by molar-refractivity contribution is 4.90. The van der Waals surface area contributed by atoms with Gasteiger partial charge < -0.3 is 10.6 Å². The van der Waals surface area contributed by atoms with Crippen LogP contribution in [0.3, 0.4) is 0 Å². The molecule has 0 radical (unpaired) electrons. The summed E-state index contributed by atoms with van der Waals surface area (Å²) in [6, 6.07) is 1.25. The zero-order valence-electron chi connectivity index (χ0n) is 8.01. The van der Waals surface area contributed by atoms with Crippen LogP contribution >= 0.6 is 0 Å². The van der Waals surface area contributed by atoms with Crippen LogP contribution < -0.4 is 5.73 Å². The molecule has 0 fully saturated rings. The number of alkyl halides is 3. The average Bonchev–Trinajstić information content (AvgIpc) is 2.08. The van der Waals surface area contributed by atoms with Gasteiger partial charge in [0, 0.05) is 6.54 Å². The minimum absolute atomic E-state index is 0.292. The fourth-order valence-corrected chi connectivity index (χ4v) is 0.982. The maximum absolute atomic E-state index is 12.1. The maximum Gasteiger partial charge on any atom is 0.405 e. The Hall–Kier alpha value is -0.800. The van der Waals surface area contributed by atoms with Crippen LogP contribution in [0.15, 0.2) is 0 Å². The summed E-state index contributed by atoms with van der Waals surface area (Å²) in [7, 11) is 1.55.